The molecule has 4 rings (SSSR count). The molecule has 0 amide bonds. The molecule has 2 aromatic carbocycles. The minimum Gasteiger partial charge on any atom is -0.352 e. The number of hydrogen-bond acceptors (Lipinski definition) is 2. The zero-order chi connectivity index (χ0) is 15.8. The van der Waals surface area contributed by atoms with Crippen LogP contribution >= 0.6 is 0 Å². The highest BCUT2D eigenvalue weighted by molar-refractivity contribution is 5.97. The number of fused-ring (bicyclic) bond motifs is 1. The van der Waals surface area contributed by atoms with Crippen molar-refractivity contribution in [1.29, 1.82) is 0 Å². The Morgan fingerprint density at radius 1 is 0.870 bits per heavy atom. The first kappa shape index (κ1) is 13.5. The average Bonchev–Trinajstić information content (AvgIpc) is 2.95. The molecule has 0 aliphatic heterocycles. The van der Waals surface area contributed by atoms with Gasteiger partial charge >= 0.3 is 0 Å². The van der Waals surface area contributed by atoms with Crippen LogP contribution in [0.4, 0.5) is 0 Å². The van der Waals surface area contributed by atoms with E-state index in [4.69, 9.17) is 0 Å². The number of rotatable bonds is 2. The molecule has 0 spiro atoms. The maximum atomic E-state index is 12.3. The minimum atomic E-state index is -0.171. The molecule has 2 aromatic heterocycles. The first-order valence-electron chi connectivity index (χ1n) is 7.47. The summed E-state index contributed by atoms with van der Waals surface area (Å²) in [6, 6.07) is 19.9. The lowest BCUT2D eigenvalue weighted by Crippen LogP contribution is -2.09. The van der Waals surface area contributed by atoms with Gasteiger partial charge in [0.1, 0.15) is 5.69 Å². The number of aromatic nitrogens is 3. The van der Waals surface area contributed by atoms with Gasteiger partial charge in [-0.1, -0.05) is 60.7 Å². The summed E-state index contributed by atoms with van der Waals surface area (Å²) in [5.41, 5.74) is 5.27. The van der Waals surface area contributed by atoms with Gasteiger partial charge in [0.05, 0.1) is 10.9 Å². The fourth-order valence-electron chi connectivity index (χ4n) is 2.97. The Morgan fingerprint density at radius 2 is 1.48 bits per heavy atom. The number of nitrogens with zero attached hydrogens (tertiary/aromatic N) is 1. The molecule has 0 aliphatic rings. The second-order valence-electron chi connectivity index (χ2n) is 5.51. The lowest BCUT2D eigenvalue weighted by Gasteiger charge is -2.01. The number of hydrogen-bond donors (Lipinski definition) is 2. The fourth-order valence-corrected chi connectivity index (χ4v) is 2.97. The zero-order valence-corrected chi connectivity index (χ0v) is 12.6. The molecule has 4 nitrogen and oxygen atoms in total. The molecule has 4 heteroatoms. The molecule has 112 valence electrons. The third-order valence-corrected chi connectivity index (χ3v) is 4.09. The van der Waals surface area contributed by atoms with Crippen molar-refractivity contribution in [3.8, 4) is 22.5 Å². The first-order valence-corrected chi connectivity index (χ1v) is 7.47. The average molecular weight is 301 g/mol. The predicted octanol–water partition coefficient (Wildman–Crippen LogP) is 3.89. The summed E-state index contributed by atoms with van der Waals surface area (Å²) in [7, 11) is 0. The molecular weight excluding hydrogens is 286 g/mol. The van der Waals surface area contributed by atoms with Crippen LogP contribution < -0.4 is 5.56 Å². The van der Waals surface area contributed by atoms with E-state index in [1.165, 1.54) is 0 Å². The Kier molecular flexibility index (Phi) is 3.08. The molecule has 0 unspecified atom stereocenters. The summed E-state index contributed by atoms with van der Waals surface area (Å²) in [6.45, 7) is 1.96. The van der Waals surface area contributed by atoms with E-state index in [0.717, 1.165) is 33.6 Å². The zero-order valence-electron chi connectivity index (χ0n) is 12.6. The normalized spacial score (nSPS) is 11.0. The topological polar surface area (TPSA) is 61.5 Å². The van der Waals surface area contributed by atoms with Crippen LogP contribution in [-0.2, 0) is 0 Å². The summed E-state index contributed by atoms with van der Waals surface area (Å²) in [4.78, 5) is 15.7. The van der Waals surface area contributed by atoms with Gasteiger partial charge in [-0.05, 0) is 18.1 Å². The van der Waals surface area contributed by atoms with E-state index in [1.807, 2.05) is 67.6 Å². The minimum absolute atomic E-state index is 0.171. The quantitative estimate of drug-likeness (QED) is 0.590. The molecule has 23 heavy (non-hydrogen) atoms. The molecule has 0 saturated heterocycles. The van der Waals surface area contributed by atoms with Gasteiger partial charge in [0.25, 0.3) is 5.56 Å². The molecule has 2 N–H and O–H groups in total. The lowest BCUT2D eigenvalue weighted by molar-refractivity contribution is 1.01. The second-order valence-corrected chi connectivity index (χ2v) is 5.51. The molecular formula is C19H15N3O. The molecule has 0 fully saturated rings. The summed E-state index contributed by atoms with van der Waals surface area (Å²) in [6.07, 6.45) is 0. The molecule has 0 bridgehead atoms. The van der Waals surface area contributed by atoms with Gasteiger partial charge in [-0.3, -0.25) is 4.79 Å². The number of H-pyrrole nitrogens is 2. The smallest absolute Gasteiger partial charge is 0.273 e. The van der Waals surface area contributed by atoms with Crippen LogP contribution in [0.1, 0.15) is 5.56 Å². The number of aromatic amines is 2. The maximum Gasteiger partial charge on any atom is 0.273 e. The molecule has 4 aromatic rings. The van der Waals surface area contributed by atoms with Gasteiger partial charge < -0.3 is 4.98 Å². The van der Waals surface area contributed by atoms with E-state index in [2.05, 4.69) is 15.2 Å². The van der Waals surface area contributed by atoms with Crippen molar-refractivity contribution < 1.29 is 0 Å². The Morgan fingerprint density at radius 3 is 2.13 bits per heavy atom. The number of benzene rings is 2. The standard InChI is InChI=1S/C19H15N3O/c1-12-15-18(20-16(12)13-8-4-2-5-9-13)17(21-22-19(15)23)14-10-6-3-7-11-14/h2-11,20H,1H3,(H,22,23). The molecule has 0 radical (unpaired) electrons. The summed E-state index contributed by atoms with van der Waals surface area (Å²) >= 11 is 0. The summed E-state index contributed by atoms with van der Waals surface area (Å²) < 4.78 is 0. The number of aryl methyl sites for hydroxylation is 1. The molecule has 0 saturated carbocycles. The van der Waals surface area contributed by atoms with Crippen molar-refractivity contribution in [3.05, 3.63) is 76.6 Å². The van der Waals surface area contributed by atoms with Gasteiger partial charge in [-0.25, -0.2) is 5.10 Å². The third kappa shape index (κ3) is 2.16. The van der Waals surface area contributed by atoms with E-state index in [-0.39, 0.29) is 5.56 Å². The maximum absolute atomic E-state index is 12.3. The number of nitrogens with one attached hydrogen (secondary N) is 2. The van der Waals surface area contributed by atoms with Crippen molar-refractivity contribution in [3.63, 3.8) is 0 Å². The fraction of sp³-hybridized carbons (Fsp3) is 0.0526. The van der Waals surface area contributed by atoms with Crippen LogP contribution in [0.2, 0.25) is 0 Å². The Bertz CT molecular complexity index is 1030. The van der Waals surface area contributed by atoms with Gasteiger partial charge in [0, 0.05) is 11.3 Å². The van der Waals surface area contributed by atoms with Crippen molar-refractivity contribution in [2.45, 2.75) is 6.92 Å². The van der Waals surface area contributed by atoms with Crippen molar-refractivity contribution in [2.24, 2.45) is 0 Å². The summed E-state index contributed by atoms with van der Waals surface area (Å²) in [5, 5.41) is 7.54. The van der Waals surface area contributed by atoms with Crippen molar-refractivity contribution in [1.82, 2.24) is 15.2 Å². The lowest BCUT2D eigenvalue weighted by atomic mass is 10.1. The van der Waals surface area contributed by atoms with E-state index in [1.54, 1.807) is 0 Å². The predicted molar refractivity (Wildman–Crippen MR) is 92.3 cm³/mol. The highest BCUT2D eigenvalue weighted by atomic mass is 16.1. The largest absolute Gasteiger partial charge is 0.352 e. The van der Waals surface area contributed by atoms with E-state index in [0.29, 0.717) is 5.39 Å². The van der Waals surface area contributed by atoms with Crippen LogP contribution in [0, 0.1) is 6.92 Å². The SMILES string of the molecule is Cc1c(-c2ccccc2)[nH]c2c(-c3ccccc3)n[nH]c(=O)c12. The van der Waals surface area contributed by atoms with E-state index >= 15 is 0 Å². The molecule has 2 heterocycles. The Balaban J connectivity index is 2.06. The van der Waals surface area contributed by atoms with Crippen LogP contribution in [-0.4, -0.2) is 15.2 Å². The second kappa shape index (κ2) is 5.25. The van der Waals surface area contributed by atoms with Crippen LogP contribution in [0.25, 0.3) is 33.4 Å². The third-order valence-electron chi connectivity index (χ3n) is 4.09. The Labute approximate surface area is 132 Å². The monoisotopic (exact) mass is 301 g/mol. The highest BCUT2D eigenvalue weighted by Crippen LogP contribution is 2.31. The van der Waals surface area contributed by atoms with Crippen molar-refractivity contribution >= 4 is 10.9 Å². The van der Waals surface area contributed by atoms with Gasteiger partial charge in [-0.2, -0.15) is 5.10 Å². The summed E-state index contributed by atoms with van der Waals surface area (Å²) in [5.74, 6) is 0. The van der Waals surface area contributed by atoms with Crippen LogP contribution in [0.5, 0.6) is 0 Å². The highest BCUT2D eigenvalue weighted by Gasteiger charge is 2.17. The molecule has 0 aliphatic carbocycles. The van der Waals surface area contributed by atoms with Gasteiger partial charge in [-0.15, -0.1) is 0 Å². The van der Waals surface area contributed by atoms with Crippen LogP contribution in [0.3, 0.4) is 0 Å². The van der Waals surface area contributed by atoms with Gasteiger partial charge in [0.2, 0.25) is 0 Å². The first-order chi connectivity index (χ1) is 11.3. The Hall–Kier alpha value is -3.14. The van der Waals surface area contributed by atoms with Gasteiger partial charge in [0.15, 0.2) is 0 Å². The van der Waals surface area contributed by atoms with E-state index < -0.39 is 0 Å². The van der Waals surface area contributed by atoms with Crippen molar-refractivity contribution in [2.75, 3.05) is 0 Å². The van der Waals surface area contributed by atoms with Crippen LogP contribution in [0.15, 0.2) is 65.5 Å². The van der Waals surface area contributed by atoms with E-state index in [9.17, 15) is 4.79 Å². The molecule has 0 atom stereocenters.